The zero-order valence-electron chi connectivity index (χ0n) is 38.2. The fourth-order valence-electron chi connectivity index (χ4n) is 7.15. The molecule has 7 amide bonds. The minimum absolute atomic E-state index is 0.0794. The van der Waals surface area contributed by atoms with Crippen LogP contribution in [0.15, 0.2) is 73.7 Å². The number of carbonyl (C=O) groups excluding carboxylic acids is 7. The van der Waals surface area contributed by atoms with Crippen molar-refractivity contribution in [2.75, 3.05) is 60.3 Å². The first-order valence-electron chi connectivity index (χ1n) is 21.1. The molecule has 0 aliphatic heterocycles. The van der Waals surface area contributed by atoms with Crippen molar-refractivity contribution < 1.29 is 38.5 Å². The molecule has 6 rings (SSSR count). The van der Waals surface area contributed by atoms with Gasteiger partial charge in [0.05, 0.1) is 49.1 Å². The van der Waals surface area contributed by atoms with Gasteiger partial charge in [-0.05, 0) is 36.8 Å². The average molecular weight is 907 g/mol. The summed E-state index contributed by atoms with van der Waals surface area (Å²) in [6.45, 7) is 1.66. The molecular formula is C44H56N15O7+. The second-order valence-corrected chi connectivity index (χ2v) is 16.3. The first kappa shape index (κ1) is 47.3. The number of carbonyl (C=O) groups is 7. The SMILES string of the molecule is Cn1cc(NC(=O)c2cc(NC(=O)c3nccn3C)cn2C)cc1C(=O)NCCCC(=O)Nc1cc(C(=O)Nc2cc(C(=O)Nc3cc(C(=O)NCCC[NH+](C)C)n(C)c3)n(C)c2)n(C)c1. The van der Waals surface area contributed by atoms with E-state index in [9.17, 15) is 33.6 Å². The monoisotopic (exact) mass is 906 g/mol. The van der Waals surface area contributed by atoms with Crippen molar-refractivity contribution >= 4 is 69.8 Å². The number of quaternary nitrogens is 1. The summed E-state index contributed by atoms with van der Waals surface area (Å²) >= 11 is 0. The summed E-state index contributed by atoms with van der Waals surface area (Å²) in [4.78, 5) is 96.1. The van der Waals surface area contributed by atoms with Crippen LogP contribution in [0.25, 0.3) is 0 Å². The Hall–Kier alpha value is -8.14. The minimum Gasteiger partial charge on any atom is -0.351 e. The summed E-state index contributed by atoms with van der Waals surface area (Å²) in [6.07, 6.45) is 12.5. The van der Waals surface area contributed by atoms with Gasteiger partial charge in [0.1, 0.15) is 28.5 Å². The number of aromatic nitrogens is 7. The standard InChI is InChI=1S/C44H55N15O7/c1-53(2)15-10-13-47-40(62)33-19-29(24-56(33)5)49-42(64)35-20-30(25-58(35)7)51-41(63)34-17-27(22-57(34)6)48-37(60)11-9-12-46-39(61)32-18-28(23-55(32)4)50-43(65)36-21-31(26-59(36)8)52-44(66)38-45-14-16-54(38)3/h14,16-26H,9-13,15H2,1-8H3,(H,46,61)(H,47,62)(H,48,60)(H,49,64)(H,50,65)(H,51,63)(H,52,66)/p+1. The Kier molecular flexibility index (Phi) is 14.8. The molecule has 0 aromatic carbocycles. The molecule has 0 fully saturated rings. The van der Waals surface area contributed by atoms with Gasteiger partial charge in [0.15, 0.2) is 5.82 Å². The van der Waals surface area contributed by atoms with Crippen LogP contribution < -0.4 is 42.1 Å². The third kappa shape index (κ3) is 11.7. The number of anilines is 5. The molecule has 22 nitrogen and oxygen atoms in total. The molecular weight excluding hydrogens is 851 g/mol. The highest BCUT2D eigenvalue weighted by Crippen LogP contribution is 2.21. The van der Waals surface area contributed by atoms with Gasteiger partial charge in [-0.25, -0.2) is 4.98 Å². The second-order valence-electron chi connectivity index (χ2n) is 16.3. The summed E-state index contributed by atoms with van der Waals surface area (Å²) in [6, 6.07) is 7.73. The van der Waals surface area contributed by atoms with Crippen molar-refractivity contribution in [3.63, 3.8) is 0 Å². The minimum atomic E-state index is -0.469. The van der Waals surface area contributed by atoms with Crippen LogP contribution >= 0.6 is 0 Å². The number of aryl methyl sites for hydroxylation is 6. The van der Waals surface area contributed by atoms with Gasteiger partial charge in [0.2, 0.25) is 5.91 Å². The molecule has 0 spiro atoms. The van der Waals surface area contributed by atoms with Crippen LogP contribution in [-0.2, 0) is 47.1 Å². The number of nitrogens with one attached hydrogen (secondary N) is 8. The van der Waals surface area contributed by atoms with Crippen LogP contribution in [0.3, 0.4) is 0 Å². The van der Waals surface area contributed by atoms with E-state index in [0.717, 1.165) is 13.0 Å². The molecule has 8 N–H and O–H groups in total. The largest absolute Gasteiger partial charge is 0.351 e. The van der Waals surface area contributed by atoms with Gasteiger partial charge in [-0.2, -0.15) is 0 Å². The molecule has 0 saturated carbocycles. The average Bonchev–Trinajstić information content (AvgIpc) is 4.11. The molecule has 0 saturated heterocycles. The van der Waals surface area contributed by atoms with E-state index in [1.54, 1.807) is 113 Å². The Morgan fingerprint density at radius 3 is 1.18 bits per heavy atom. The van der Waals surface area contributed by atoms with Gasteiger partial charge < -0.3 is 69.5 Å². The number of rotatable bonds is 19. The van der Waals surface area contributed by atoms with Crippen molar-refractivity contribution in [3.05, 3.63) is 108 Å². The zero-order valence-corrected chi connectivity index (χ0v) is 38.2. The molecule has 0 bridgehead atoms. The normalized spacial score (nSPS) is 11.0. The van der Waals surface area contributed by atoms with Crippen molar-refractivity contribution in [1.29, 1.82) is 0 Å². The highest BCUT2D eigenvalue weighted by Gasteiger charge is 2.21. The lowest BCUT2D eigenvalue weighted by molar-refractivity contribution is -0.858. The maximum atomic E-state index is 13.3. The molecule has 6 aromatic rings. The quantitative estimate of drug-likeness (QED) is 0.0553. The van der Waals surface area contributed by atoms with Crippen LogP contribution in [0, 0.1) is 0 Å². The van der Waals surface area contributed by atoms with E-state index in [1.165, 1.54) is 35.4 Å². The Balaban J connectivity index is 0.933. The lowest BCUT2D eigenvalue weighted by atomic mass is 10.2. The molecule has 0 aliphatic carbocycles. The van der Waals surface area contributed by atoms with E-state index in [1.807, 2.05) is 14.1 Å². The maximum absolute atomic E-state index is 13.3. The lowest BCUT2D eigenvalue weighted by Gasteiger charge is -2.08. The van der Waals surface area contributed by atoms with E-state index in [4.69, 9.17) is 0 Å². The van der Waals surface area contributed by atoms with Crippen molar-refractivity contribution in [3.8, 4) is 0 Å². The summed E-state index contributed by atoms with van der Waals surface area (Å²) in [5, 5.41) is 19.6. The molecule has 22 heteroatoms. The van der Waals surface area contributed by atoms with E-state index in [0.29, 0.717) is 47.1 Å². The van der Waals surface area contributed by atoms with Crippen LogP contribution in [0.4, 0.5) is 28.4 Å². The summed E-state index contributed by atoms with van der Waals surface area (Å²) in [5.74, 6) is -2.53. The summed E-state index contributed by atoms with van der Waals surface area (Å²) in [7, 11) is 14.2. The number of hydrogen-bond acceptors (Lipinski definition) is 8. The third-order valence-electron chi connectivity index (χ3n) is 10.5. The molecule has 0 atom stereocenters. The summed E-state index contributed by atoms with van der Waals surface area (Å²) in [5.41, 5.74) is 3.48. The fourth-order valence-corrected chi connectivity index (χ4v) is 7.15. The van der Waals surface area contributed by atoms with Crippen molar-refractivity contribution in [2.45, 2.75) is 19.3 Å². The highest BCUT2D eigenvalue weighted by molar-refractivity contribution is 6.08. The molecule has 0 radical (unpaired) electrons. The molecule has 348 valence electrons. The Morgan fingerprint density at radius 1 is 0.470 bits per heavy atom. The molecule has 6 aromatic heterocycles. The van der Waals surface area contributed by atoms with Gasteiger partial charge in [0, 0.05) is 112 Å². The summed E-state index contributed by atoms with van der Waals surface area (Å²) < 4.78 is 9.49. The van der Waals surface area contributed by atoms with Crippen molar-refractivity contribution in [2.24, 2.45) is 42.3 Å². The topological polar surface area (TPSA) is 251 Å². The fraction of sp³-hybridized carbons (Fsp3) is 0.318. The van der Waals surface area contributed by atoms with E-state index in [-0.39, 0.29) is 53.4 Å². The van der Waals surface area contributed by atoms with Gasteiger partial charge >= 0.3 is 0 Å². The van der Waals surface area contributed by atoms with Gasteiger partial charge in [-0.3, -0.25) is 33.6 Å². The number of amides is 7. The van der Waals surface area contributed by atoms with Gasteiger partial charge in [0.25, 0.3) is 35.4 Å². The predicted molar refractivity (Wildman–Crippen MR) is 247 cm³/mol. The first-order chi connectivity index (χ1) is 31.4. The smallest absolute Gasteiger partial charge is 0.291 e. The van der Waals surface area contributed by atoms with Crippen LogP contribution in [-0.4, -0.2) is 107 Å². The third-order valence-corrected chi connectivity index (χ3v) is 10.5. The lowest BCUT2D eigenvalue weighted by Crippen LogP contribution is -3.05. The highest BCUT2D eigenvalue weighted by atomic mass is 16.2. The van der Waals surface area contributed by atoms with E-state index < -0.39 is 29.5 Å². The van der Waals surface area contributed by atoms with Crippen molar-refractivity contribution in [1.82, 2.24) is 43.0 Å². The van der Waals surface area contributed by atoms with Crippen LogP contribution in [0.5, 0.6) is 0 Å². The molecule has 6 heterocycles. The Labute approximate surface area is 380 Å². The molecule has 0 unspecified atom stereocenters. The number of imidazole rings is 1. The number of hydrogen-bond donors (Lipinski definition) is 8. The predicted octanol–water partition coefficient (Wildman–Crippen LogP) is 1.53. The first-order valence-corrected chi connectivity index (χ1v) is 21.1. The zero-order chi connectivity index (χ0) is 47.8. The molecule has 0 aliphatic rings. The van der Waals surface area contributed by atoms with Gasteiger partial charge in [-0.1, -0.05) is 0 Å². The maximum Gasteiger partial charge on any atom is 0.291 e. The van der Waals surface area contributed by atoms with Crippen LogP contribution in [0.2, 0.25) is 0 Å². The Bertz CT molecular complexity index is 2790. The number of nitrogens with zero attached hydrogens (tertiary/aromatic N) is 7. The Morgan fingerprint density at radius 2 is 0.818 bits per heavy atom. The van der Waals surface area contributed by atoms with Crippen LogP contribution in [0.1, 0.15) is 82.3 Å². The second kappa shape index (κ2) is 20.6. The van der Waals surface area contributed by atoms with Gasteiger partial charge in [-0.15, -0.1) is 0 Å². The molecule has 66 heavy (non-hydrogen) atoms. The van der Waals surface area contributed by atoms with E-state index in [2.05, 4.69) is 42.2 Å². The van der Waals surface area contributed by atoms with E-state index >= 15 is 0 Å².